The minimum Gasteiger partial charge on any atom is -0.462 e. The van der Waals surface area contributed by atoms with Crippen LogP contribution in [0.15, 0.2) is 36.5 Å². The number of carbonyl (C=O) groups excluding carboxylic acids is 3. The molecule has 0 fully saturated rings. The second-order valence-corrected chi connectivity index (χ2v) is 21.7. The van der Waals surface area contributed by atoms with Gasteiger partial charge in [-0.25, -0.2) is 0 Å². The van der Waals surface area contributed by atoms with Crippen LogP contribution in [0, 0.1) is 0 Å². The second-order valence-electron chi connectivity index (χ2n) is 21.7. The van der Waals surface area contributed by atoms with E-state index in [0.717, 1.165) is 64.2 Å². The van der Waals surface area contributed by atoms with Crippen LogP contribution in [0.25, 0.3) is 0 Å². The Morgan fingerprint density at radius 1 is 0.278 bits per heavy atom. The van der Waals surface area contributed by atoms with Crippen molar-refractivity contribution in [2.24, 2.45) is 0 Å². The fourth-order valence-electron chi connectivity index (χ4n) is 9.53. The zero-order valence-corrected chi connectivity index (χ0v) is 48.5. The maximum atomic E-state index is 12.9. The lowest BCUT2D eigenvalue weighted by atomic mass is 10.0. The molecule has 0 saturated carbocycles. The fourth-order valence-corrected chi connectivity index (χ4v) is 9.53. The number of carbonyl (C=O) groups is 3. The smallest absolute Gasteiger partial charge is 0.306 e. The molecule has 0 heterocycles. The van der Waals surface area contributed by atoms with Gasteiger partial charge >= 0.3 is 17.9 Å². The van der Waals surface area contributed by atoms with E-state index in [4.69, 9.17) is 14.2 Å². The topological polar surface area (TPSA) is 78.9 Å². The summed E-state index contributed by atoms with van der Waals surface area (Å²) in [5.41, 5.74) is 0. The van der Waals surface area contributed by atoms with Gasteiger partial charge in [0.05, 0.1) is 0 Å². The zero-order chi connectivity index (χ0) is 52.2. The molecule has 0 rings (SSSR count). The molecule has 0 N–H and O–H groups in total. The summed E-state index contributed by atoms with van der Waals surface area (Å²) in [6, 6.07) is 0. The van der Waals surface area contributed by atoms with Gasteiger partial charge in [-0.2, -0.15) is 0 Å². The maximum Gasteiger partial charge on any atom is 0.306 e. The first-order valence-corrected chi connectivity index (χ1v) is 32.0. The van der Waals surface area contributed by atoms with Crippen molar-refractivity contribution in [3.63, 3.8) is 0 Å². The van der Waals surface area contributed by atoms with Gasteiger partial charge in [0.15, 0.2) is 6.10 Å². The van der Waals surface area contributed by atoms with E-state index in [0.29, 0.717) is 19.3 Å². The monoisotopic (exact) mass is 1010 g/mol. The first-order chi connectivity index (χ1) is 35.5. The minimum atomic E-state index is -0.770. The Hall–Kier alpha value is -2.37. The Morgan fingerprint density at radius 2 is 0.500 bits per heavy atom. The molecule has 0 saturated heterocycles. The number of hydrogen-bond donors (Lipinski definition) is 0. The van der Waals surface area contributed by atoms with Gasteiger partial charge in [0.25, 0.3) is 0 Å². The fraction of sp³-hybridized carbons (Fsp3) is 0.864. The van der Waals surface area contributed by atoms with Gasteiger partial charge in [-0.3, -0.25) is 14.4 Å². The van der Waals surface area contributed by atoms with Crippen molar-refractivity contribution in [2.75, 3.05) is 13.2 Å². The van der Waals surface area contributed by atoms with Crippen LogP contribution >= 0.6 is 0 Å². The summed E-state index contributed by atoms with van der Waals surface area (Å²) >= 11 is 0. The highest BCUT2D eigenvalue weighted by Crippen LogP contribution is 2.17. The van der Waals surface area contributed by atoms with E-state index in [1.165, 1.54) is 244 Å². The number of allylic oxidation sites excluding steroid dienone is 6. The summed E-state index contributed by atoms with van der Waals surface area (Å²) in [5.74, 6) is -0.852. The number of rotatable bonds is 59. The largest absolute Gasteiger partial charge is 0.462 e. The van der Waals surface area contributed by atoms with Crippen molar-refractivity contribution in [2.45, 2.75) is 354 Å². The van der Waals surface area contributed by atoms with Crippen molar-refractivity contribution < 1.29 is 28.6 Å². The summed E-state index contributed by atoms with van der Waals surface area (Å²) in [6.07, 6.45) is 74.4. The van der Waals surface area contributed by atoms with Crippen LogP contribution in [0.5, 0.6) is 0 Å². The third-order valence-electron chi connectivity index (χ3n) is 14.4. The molecule has 0 aliphatic heterocycles. The second kappa shape index (κ2) is 61.2. The highest BCUT2D eigenvalue weighted by Gasteiger charge is 2.19. The average molecular weight is 1010 g/mol. The Morgan fingerprint density at radius 3 is 0.778 bits per heavy atom. The third-order valence-corrected chi connectivity index (χ3v) is 14.4. The molecule has 0 bridgehead atoms. The average Bonchev–Trinajstić information content (AvgIpc) is 3.38. The van der Waals surface area contributed by atoms with Gasteiger partial charge in [-0.15, -0.1) is 0 Å². The van der Waals surface area contributed by atoms with E-state index in [1.54, 1.807) is 0 Å². The molecule has 72 heavy (non-hydrogen) atoms. The third kappa shape index (κ3) is 58.5. The molecule has 422 valence electrons. The molecular weight excluding hydrogens is 889 g/mol. The normalized spacial score (nSPS) is 12.2. The zero-order valence-electron chi connectivity index (χ0n) is 48.5. The predicted molar refractivity (Wildman–Crippen MR) is 312 cm³/mol. The van der Waals surface area contributed by atoms with Crippen LogP contribution in [-0.4, -0.2) is 37.2 Å². The molecule has 6 nitrogen and oxygen atoms in total. The lowest BCUT2D eigenvalue weighted by molar-refractivity contribution is -0.167. The minimum absolute atomic E-state index is 0.0687. The molecule has 0 aliphatic carbocycles. The molecule has 0 aromatic carbocycles. The molecule has 0 amide bonds. The van der Waals surface area contributed by atoms with Crippen molar-refractivity contribution in [1.29, 1.82) is 0 Å². The van der Waals surface area contributed by atoms with E-state index < -0.39 is 6.10 Å². The number of ether oxygens (including phenoxy) is 3. The molecule has 1 unspecified atom stereocenters. The van der Waals surface area contributed by atoms with Crippen molar-refractivity contribution >= 4 is 17.9 Å². The molecule has 0 radical (unpaired) electrons. The van der Waals surface area contributed by atoms with Crippen LogP contribution in [0.4, 0.5) is 0 Å². The van der Waals surface area contributed by atoms with Gasteiger partial charge in [0.1, 0.15) is 13.2 Å². The first kappa shape index (κ1) is 69.6. The first-order valence-electron chi connectivity index (χ1n) is 32.0. The summed E-state index contributed by atoms with van der Waals surface area (Å²) < 4.78 is 16.9. The van der Waals surface area contributed by atoms with E-state index >= 15 is 0 Å². The van der Waals surface area contributed by atoms with E-state index in [9.17, 15) is 14.4 Å². The predicted octanol–water partition coefficient (Wildman–Crippen LogP) is 21.6. The van der Waals surface area contributed by atoms with Crippen molar-refractivity contribution in [3.05, 3.63) is 36.5 Å². The lowest BCUT2D eigenvalue weighted by Crippen LogP contribution is -2.30. The molecule has 0 aliphatic rings. The molecule has 0 spiro atoms. The van der Waals surface area contributed by atoms with E-state index in [1.807, 2.05) is 0 Å². The molecular formula is C66H122O6. The van der Waals surface area contributed by atoms with Crippen LogP contribution < -0.4 is 0 Å². The number of esters is 3. The van der Waals surface area contributed by atoms with Gasteiger partial charge in [0.2, 0.25) is 0 Å². The van der Waals surface area contributed by atoms with Crippen molar-refractivity contribution in [3.8, 4) is 0 Å². The van der Waals surface area contributed by atoms with E-state index in [2.05, 4.69) is 57.2 Å². The summed E-state index contributed by atoms with van der Waals surface area (Å²) in [4.78, 5) is 38.2. The molecule has 1 atom stereocenters. The number of hydrogen-bond acceptors (Lipinski definition) is 6. The van der Waals surface area contributed by atoms with Gasteiger partial charge < -0.3 is 14.2 Å². The van der Waals surface area contributed by atoms with Gasteiger partial charge in [-0.05, 0) is 77.0 Å². The van der Waals surface area contributed by atoms with Crippen molar-refractivity contribution in [1.82, 2.24) is 0 Å². The highest BCUT2D eigenvalue weighted by atomic mass is 16.6. The molecule has 6 heteroatoms. The quantitative estimate of drug-likeness (QED) is 0.0261. The van der Waals surface area contributed by atoms with Crippen LogP contribution in [0.1, 0.15) is 348 Å². The summed E-state index contributed by atoms with van der Waals surface area (Å²) in [5, 5.41) is 0. The standard InChI is InChI=1S/C66H122O6/c1-4-7-10-13-16-19-22-24-26-28-30-31-32-33-34-35-37-38-40-42-44-47-50-53-56-59-65(68)71-62-63(61-70-64(67)58-55-52-49-46-21-18-15-12-9-6-3)72-66(69)60-57-54-51-48-45-43-41-39-36-29-27-25-23-20-17-14-11-8-5-2/h22,24-25,27-28,30,63H,4-21,23,26,29,31-62H2,1-3H3/b24-22-,27-25-,30-28-. The Bertz CT molecular complexity index is 1210. The Labute approximate surface area is 448 Å². The number of unbranched alkanes of at least 4 members (excludes halogenated alkanes) is 42. The van der Waals surface area contributed by atoms with Gasteiger partial charge in [0, 0.05) is 19.3 Å². The Kier molecular flexibility index (Phi) is 59.2. The van der Waals surface area contributed by atoms with Crippen LogP contribution in [-0.2, 0) is 28.6 Å². The van der Waals surface area contributed by atoms with Crippen LogP contribution in [0.3, 0.4) is 0 Å². The summed E-state index contributed by atoms with van der Waals surface area (Å²) in [7, 11) is 0. The van der Waals surface area contributed by atoms with Crippen LogP contribution in [0.2, 0.25) is 0 Å². The summed E-state index contributed by atoms with van der Waals surface area (Å²) in [6.45, 7) is 6.66. The molecule has 0 aromatic rings. The van der Waals surface area contributed by atoms with Gasteiger partial charge in [-0.1, -0.05) is 288 Å². The molecule has 0 aromatic heterocycles. The SMILES string of the molecule is CCCCCCC/C=C\C/C=C\CCCCCCCCCCCCCCCC(=O)OCC(COC(=O)CCCCCCCCCCCC)OC(=O)CCCCCCCCCCC/C=C\CCCCCCCC. The Balaban J connectivity index is 4.20. The highest BCUT2D eigenvalue weighted by molar-refractivity contribution is 5.71. The maximum absolute atomic E-state index is 12.9. The lowest BCUT2D eigenvalue weighted by Gasteiger charge is -2.18. The van der Waals surface area contributed by atoms with E-state index in [-0.39, 0.29) is 31.1 Å².